The summed E-state index contributed by atoms with van der Waals surface area (Å²) in [6.45, 7) is 17.0. The lowest BCUT2D eigenvalue weighted by atomic mass is 9.92. The van der Waals surface area contributed by atoms with Crippen molar-refractivity contribution in [2.75, 3.05) is 13.1 Å². The fourth-order valence-corrected chi connectivity index (χ4v) is 3.15. The standard InChI is InChI=1S/C18H30N2/c1-13(2)17-11-20(18(5,6)12-19-17)10-16-8-14(3)7-15(4)9-16/h7-9,13,17,19H,10-12H2,1-6H3. The van der Waals surface area contributed by atoms with Crippen LogP contribution in [0.15, 0.2) is 18.2 Å². The largest absolute Gasteiger partial charge is 0.311 e. The molecule has 0 bridgehead atoms. The van der Waals surface area contributed by atoms with Crippen molar-refractivity contribution in [2.24, 2.45) is 5.92 Å². The van der Waals surface area contributed by atoms with Crippen molar-refractivity contribution in [1.29, 1.82) is 0 Å². The molecule has 0 aromatic heterocycles. The summed E-state index contributed by atoms with van der Waals surface area (Å²) in [7, 11) is 0. The number of benzene rings is 1. The fraction of sp³-hybridized carbons (Fsp3) is 0.667. The highest BCUT2D eigenvalue weighted by Crippen LogP contribution is 2.24. The third kappa shape index (κ3) is 3.62. The second-order valence-corrected chi connectivity index (χ2v) is 7.42. The van der Waals surface area contributed by atoms with Crippen LogP contribution < -0.4 is 5.32 Å². The van der Waals surface area contributed by atoms with E-state index in [4.69, 9.17) is 0 Å². The molecule has 0 spiro atoms. The Balaban J connectivity index is 2.15. The lowest BCUT2D eigenvalue weighted by Gasteiger charge is -2.47. The number of nitrogens with one attached hydrogen (secondary N) is 1. The topological polar surface area (TPSA) is 15.3 Å². The molecular formula is C18H30N2. The molecule has 2 nitrogen and oxygen atoms in total. The van der Waals surface area contributed by atoms with E-state index in [9.17, 15) is 0 Å². The summed E-state index contributed by atoms with van der Waals surface area (Å²) in [6, 6.07) is 7.52. The highest BCUT2D eigenvalue weighted by molar-refractivity contribution is 5.28. The molecule has 1 heterocycles. The van der Waals surface area contributed by atoms with Crippen LogP contribution >= 0.6 is 0 Å². The lowest BCUT2D eigenvalue weighted by molar-refractivity contribution is 0.0474. The first-order valence-corrected chi connectivity index (χ1v) is 7.83. The van der Waals surface area contributed by atoms with Crippen molar-refractivity contribution in [3.63, 3.8) is 0 Å². The molecule has 1 unspecified atom stereocenters. The molecule has 2 heteroatoms. The van der Waals surface area contributed by atoms with Crippen LogP contribution in [0.25, 0.3) is 0 Å². The van der Waals surface area contributed by atoms with Gasteiger partial charge in [-0.3, -0.25) is 4.90 Å². The molecule has 0 saturated carbocycles. The Morgan fingerprint density at radius 3 is 2.35 bits per heavy atom. The summed E-state index contributed by atoms with van der Waals surface area (Å²) in [5.41, 5.74) is 4.41. The smallest absolute Gasteiger partial charge is 0.0281 e. The lowest BCUT2D eigenvalue weighted by Crippen LogP contribution is -2.62. The first-order valence-electron chi connectivity index (χ1n) is 7.83. The number of hydrogen-bond acceptors (Lipinski definition) is 2. The summed E-state index contributed by atoms with van der Waals surface area (Å²) in [5.74, 6) is 0.688. The number of hydrogen-bond donors (Lipinski definition) is 1. The van der Waals surface area contributed by atoms with Gasteiger partial charge in [0.15, 0.2) is 0 Å². The van der Waals surface area contributed by atoms with E-state index in [1.165, 1.54) is 16.7 Å². The number of piperazine rings is 1. The van der Waals surface area contributed by atoms with Gasteiger partial charge in [-0.25, -0.2) is 0 Å². The summed E-state index contributed by atoms with van der Waals surface area (Å²) in [6.07, 6.45) is 0. The van der Waals surface area contributed by atoms with Gasteiger partial charge in [0, 0.05) is 31.2 Å². The Hall–Kier alpha value is -0.860. The van der Waals surface area contributed by atoms with Crippen LogP contribution in [-0.2, 0) is 6.54 Å². The summed E-state index contributed by atoms with van der Waals surface area (Å²) in [5, 5.41) is 3.71. The molecule has 1 fully saturated rings. The zero-order chi connectivity index (χ0) is 14.9. The van der Waals surface area contributed by atoms with Crippen LogP contribution in [0.5, 0.6) is 0 Å². The Morgan fingerprint density at radius 1 is 1.20 bits per heavy atom. The average molecular weight is 274 g/mol. The molecule has 1 aliphatic heterocycles. The van der Waals surface area contributed by atoms with Crippen molar-refractivity contribution in [3.05, 3.63) is 34.9 Å². The molecule has 20 heavy (non-hydrogen) atoms. The molecule has 1 atom stereocenters. The number of nitrogens with zero attached hydrogens (tertiary/aromatic N) is 1. The van der Waals surface area contributed by atoms with E-state index in [1.54, 1.807) is 0 Å². The van der Waals surface area contributed by atoms with Crippen LogP contribution in [0.4, 0.5) is 0 Å². The highest BCUT2D eigenvalue weighted by Gasteiger charge is 2.34. The van der Waals surface area contributed by atoms with E-state index in [2.05, 4.69) is 70.0 Å². The Labute approximate surface area is 124 Å². The Kier molecular flexibility index (Phi) is 4.55. The van der Waals surface area contributed by atoms with Gasteiger partial charge in [-0.1, -0.05) is 43.2 Å². The van der Waals surface area contributed by atoms with Gasteiger partial charge in [0.05, 0.1) is 0 Å². The van der Waals surface area contributed by atoms with Gasteiger partial charge >= 0.3 is 0 Å². The molecular weight excluding hydrogens is 244 g/mol. The van der Waals surface area contributed by atoms with E-state index in [0.717, 1.165) is 19.6 Å². The zero-order valence-corrected chi connectivity index (χ0v) is 14.0. The molecule has 1 N–H and O–H groups in total. The van der Waals surface area contributed by atoms with Gasteiger partial charge in [0.2, 0.25) is 0 Å². The van der Waals surface area contributed by atoms with Gasteiger partial charge in [0.25, 0.3) is 0 Å². The fourth-order valence-electron chi connectivity index (χ4n) is 3.15. The molecule has 2 rings (SSSR count). The third-order valence-electron chi connectivity index (χ3n) is 4.53. The van der Waals surface area contributed by atoms with E-state index in [0.29, 0.717) is 12.0 Å². The Bertz CT molecular complexity index is 442. The van der Waals surface area contributed by atoms with Crippen LogP contribution in [0.2, 0.25) is 0 Å². The summed E-state index contributed by atoms with van der Waals surface area (Å²) >= 11 is 0. The van der Waals surface area contributed by atoms with Gasteiger partial charge in [-0.15, -0.1) is 0 Å². The van der Waals surface area contributed by atoms with Crippen LogP contribution in [0, 0.1) is 19.8 Å². The summed E-state index contributed by atoms with van der Waals surface area (Å²) < 4.78 is 0. The number of aryl methyl sites for hydroxylation is 2. The van der Waals surface area contributed by atoms with Gasteiger partial charge in [-0.05, 0) is 39.2 Å². The molecule has 1 aromatic rings. The Morgan fingerprint density at radius 2 is 1.80 bits per heavy atom. The van der Waals surface area contributed by atoms with Crippen LogP contribution in [0.3, 0.4) is 0 Å². The van der Waals surface area contributed by atoms with E-state index >= 15 is 0 Å². The molecule has 0 amide bonds. The predicted molar refractivity (Wildman–Crippen MR) is 87.0 cm³/mol. The van der Waals surface area contributed by atoms with Crippen LogP contribution in [0.1, 0.15) is 44.4 Å². The molecule has 112 valence electrons. The van der Waals surface area contributed by atoms with Gasteiger partial charge < -0.3 is 5.32 Å². The maximum atomic E-state index is 3.71. The minimum Gasteiger partial charge on any atom is -0.311 e. The SMILES string of the molecule is Cc1cc(C)cc(CN2CC(C(C)C)NCC2(C)C)c1. The minimum atomic E-state index is 0.225. The summed E-state index contributed by atoms with van der Waals surface area (Å²) in [4.78, 5) is 2.64. The second kappa shape index (κ2) is 5.87. The average Bonchev–Trinajstić information content (AvgIpc) is 2.30. The maximum absolute atomic E-state index is 3.71. The van der Waals surface area contributed by atoms with Crippen LogP contribution in [-0.4, -0.2) is 29.6 Å². The first kappa shape index (κ1) is 15.5. The van der Waals surface area contributed by atoms with E-state index in [1.807, 2.05) is 0 Å². The third-order valence-corrected chi connectivity index (χ3v) is 4.53. The second-order valence-electron chi connectivity index (χ2n) is 7.42. The molecule has 1 saturated heterocycles. The van der Waals surface area contributed by atoms with Gasteiger partial charge in [-0.2, -0.15) is 0 Å². The molecule has 1 aromatic carbocycles. The monoisotopic (exact) mass is 274 g/mol. The van der Waals surface area contributed by atoms with Crippen molar-refractivity contribution >= 4 is 0 Å². The van der Waals surface area contributed by atoms with Crippen molar-refractivity contribution in [3.8, 4) is 0 Å². The molecule has 1 aliphatic rings. The molecule has 0 aliphatic carbocycles. The van der Waals surface area contributed by atoms with Crippen molar-refractivity contribution < 1.29 is 0 Å². The van der Waals surface area contributed by atoms with Crippen molar-refractivity contribution in [2.45, 2.75) is 59.7 Å². The minimum absolute atomic E-state index is 0.225. The van der Waals surface area contributed by atoms with Crippen molar-refractivity contribution in [1.82, 2.24) is 10.2 Å². The quantitative estimate of drug-likeness (QED) is 0.907. The molecule has 0 radical (unpaired) electrons. The highest BCUT2D eigenvalue weighted by atomic mass is 15.3. The van der Waals surface area contributed by atoms with E-state index < -0.39 is 0 Å². The van der Waals surface area contributed by atoms with E-state index in [-0.39, 0.29) is 5.54 Å². The van der Waals surface area contributed by atoms with Gasteiger partial charge in [0.1, 0.15) is 0 Å². The maximum Gasteiger partial charge on any atom is 0.0281 e. The number of rotatable bonds is 3. The predicted octanol–water partition coefficient (Wildman–Crippen LogP) is 3.51. The first-order chi connectivity index (χ1) is 9.28. The zero-order valence-electron chi connectivity index (χ0n) is 14.0. The normalized spacial score (nSPS) is 23.2.